The Bertz CT molecular complexity index is 4350. The molecule has 318 valence electrons. The molecule has 9 nitrogen and oxygen atoms in total. The van der Waals surface area contributed by atoms with Gasteiger partial charge < -0.3 is 18.4 Å². The Morgan fingerprint density at radius 3 is 1.43 bits per heavy atom. The van der Waals surface area contributed by atoms with Crippen molar-refractivity contribution in [3.05, 3.63) is 228 Å². The zero-order chi connectivity index (χ0) is 45.5. The smallest absolute Gasteiger partial charge is 0.132 e. The summed E-state index contributed by atoms with van der Waals surface area (Å²) in [6.07, 6.45) is 7.52. The maximum Gasteiger partial charge on any atom is 0.132 e. The second kappa shape index (κ2) is 13.6. The van der Waals surface area contributed by atoms with E-state index in [0.29, 0.717) is 11.1 Å². The summed E-state index contributed by atoms with van der Waals surface area (Å²) in [5.74, 6) is 1.53. The number of para-hydroxylation sites is 2. The van der Waals surface area contributed by atoms with Crippen LogP contribution in [0.25, 0.3) is 93.9 Å². The number of nitrogens with zero attached hydrogens (tertiary/aromatic N) is 8. The summed E-state index contributed by atoms with van der Waals surface area (Å²) < 4.78 is 13.9. The van der Waals surface area contributed by atoms with Crippen LogP contribution >= 0.6 is 0 Å². The molecule has 0 saturated carbocycles. The summed E-state index contributed by atoms with van der Waals surface area (Å²) in [5, 5.41) is 26.0. The molecular weight excluding hydrogens is 849 g/mol. The number of benzene rings is 7. The van der Waals surface area contributed by atoms with Crippen molar-refractivity contribution >= 4 is 65.4 Å². The van der Waals surface area contributed by atoms with Crippen LogP contribution in [-0.4, -0.2) is 28.7 Å². The van der Waals surface area contributed by atoms with Crippen LogP contribution in [0.5, 0.6) is 11.5 Å². The van der Waals surface area contributed by atoms with Gasteiger partial charge in [-0.2, -0.15) is 10.5 Å². The molecule has 2 aliphatic rings. The van der Waals surface area contributed by atoms with Gasteiger partial charge >= 0.3 is 0 Å². The number of ether oxygens (including phenoxy) is 1. The Morgan fingerprint density at radius 1 is 0.391 bits per heavy atom. The summed E-state index contributed by atoms with van der Waals surface area (Å²) in [4.78, 5) is 14.7. The fraction of sp³-hybridized carbons (Fsp3) is 0.0167. The fourth-order valence-corrected chi connectivity index (χ4v) is 11.8. The van der Waals surface area contributed by atoms with Gasteiger partial charge in [0.25, 0.3) is 0 Å². The molecule has 1 aliphatic carbocycles. The molecule has 6 aromatic heterocycles. The van der Waals surface area contributed by atoms with Crippen LogP contribution in [0.4, 0.5) is 0 Å². The lowest BCUT2D eigenvalue weighted by Gasteiger charge is -2.39. The molecule has 0 N–H and O–H groups in total. The predicted octanol–water partition coefficient (Wildman–Crippen LogP) is 13.4. The van der Waals surface area contributed by atoms with E-state index in [4.69, 9.17) is 14.7 Å². The second-order valence-corrected chi connectivity index (χ2v) is 17.8. The van der Waals surface area contributed by atoms with E-state index < -0.39 is 5.41 Å². The third kappa shape index (κ3) is 4.87. The first-order valence-corrected chi connectivity index (χ1v) is 22.8. The van der Waals surface area contributed by atoms with Gasteiger partial charge in [-0.3, -0.25) is 15.0 Å². The Labute approximate surface area is 393 Å². The van der Waals surface area contributed by atoms with Gasteiger partial charge in [0.05, 0.1) is 79.4 Å². The largest absolute Gasteiger partial charge is 0.457 e. The SMILES string of the molecule is N#Cc1ccc2c(c1)c1cc(C#N)ccc1n2-c1ccc2c(c1)c1ccccc1n2-c1ccc2c(c1)C1(c3cc(-n4c5ccccc5c5ccncc54)ccc3O2)c2cccnc2-c2ncccc21. The summed E-state index contributed by atoms with van der Waals surface area (Å²) >= 11 is 0. The van der Waals surface area contributed by atoms with Crippen LogP contribution in [0.3, 0.4) is 0 Å². The number of nitriles is 2. The highest BCUT2D eigenvalue weighted by molar-refractivity contribution is 6.13. The predicted molar refractivity (Wildman–Crippen MR) is 270 cm³/mol. The van der Waals surface area contributed by atoms with Gasteiger partial charge in [-0.1, -0.05) is 48.5 Å². The van der Waals surface area contributed by atoms with Crippen LogP contribution in [0.1, 0.15) is 33.4 Å². The zero-order valence-corrected chi connectivity index (χ0v) is 36.5. The first kappa shape index (κ1) is 37.4. The van der Waals surface area contributed by atoms with Gasteiger partial charge in [0.2, 0.25) is 0 Å². The van der Waals surface area contributed by atoms with Gasteiger partial charge in [-0.25, -0.2) is 0 Å². The highest BCUT2D eigenvalue weighted by Crippen LogP contribution is 2.62. The van der Waals surface area contributed by atoms with E-state index in [1.54, 1.807) is 0 Å². The van der Waals surface area contributed by atoms with E-state index in [2.05, 4.69) is 152 Å². The van der Waals surface area contributed by atoms with Crippen molar-refractivity contribution in [2.24, 2.45) is 0 Å². The molecule has 7 aromatic carbocycles. The first-order chi connectivity index (χ1) is 34.1. The molecule has 15 rings (SSSR count). The Hall–Kier alpha value is -9.83. The minimum absolute atomic E-state index is 0.571. The van der Waals surface area contributed by atoms with Crippen molar-refractivity contribution in [2.45, 2.75) is 5.41 Å². The number of pyridine rings is 3. The van der Waals surface area contributed by atoms with Crippen molar-refractivity contribution in [1.29, 1.82) is 10.5 Å². The van der Waals surface area contributed by atoms with Crippen molar-refractivity contribution in [1.82, 2.24) is 28.7 Å². The second-order valence-electron chi connectivity index (χ2n) is 17.8. The van der Waals surface area contributed by atoms with Gasteiger partial charge in [0, 0.05) is 79.1 Å². The lowest BCUT2D eigenvalue weighted by Crippen LogP contribution is -2.32. The van der Waals surface area contributed by atoms with Crippen LogP contribution in [0, 0.1) is 22.7 Å². The van der Waals surface area contributed by atoms with Crippen molar-refractivity contribution in [2.75, 3.05) is 0 Å². The van der Waals surface area contributed by atoms with E-state index in [-0.39, 0.29) is 0 Å². The molecule has 0 fully saturated rings. The third-order valence-corrected chi connectivity index (χ3v) is 14.5. The van der Waals surface area contributed by atoms with Crippen molar-refractivity contribution < 1.29 is 4.74 Å². The molecule has 13 aromatic rings. The Kier molecular flexibility index (Phi) is 7.38. The van der Waals surface area contributed by atoms with Crippen molar-refractivity contribution in [3.63, 3.8) is 0 Å². The minimum atomic E-state index is -0.849. The number of aromatic nitrogens is 6. The first-order valence-electron chi connectivity index (χ1n) is 22.8. The highest BCUT2D eigenvalue weighted by Gasteiger charge is 2.52. The lowest BCUT2D eigenvalue weighted by atomic mass is 9.66. The molecule has 1 spiro atoms. The molecule has 0 bridgehead atoms. The number of hydrogen-bond acceptors (Lipinski definition) is 6. The summed E-state index contributed by atoms with van der Waals surface area (Å²) in [5.41, 5.74) is 15.2. The van der Waals surface area contributed by atoms with Gasteiger partial charge in [0.1, 0.15) is 11.5 Å². The summed E-state index contributed by atoms with van der Waals surface area (Å²) in [6.45, 7) is 0. The topological polar surface area (TPSA) is 110 Å². The van der Waals surface area contributed by atoms with Crippen molar-refractivity contribution in [3.8, 4) is 52.1 Å². The zero-order valence-electron chi connectivity index (χ0n) is 36.5. The molecule has 0 amide bonds. The van der Waals surface area contributed by atoms with Gasteiger partial charge in [-0.15, -0.1) is 0 Å². The Morgan fingerprint density at radius 2 is 0.855 bits per heavy atom. The summed E-state index contributed by atoms with van der Waals surface area (Å²) in [7, 11) is 0. The lowest BCUT2D eigenvalue weighted by molar-refractivity contribution is 0.436. The summed E-state index contributed by atoms with van der Waals surface area (Å²) in [6, 6.07) is 63.5. The Balaban J connectivity index is 0.979. The maximum absolute atomic E-state index is 9.85. The van der Waals surface area contributed by atoms with E-state index >= 15 is 0 Å². The molecule has 69 heavy (non-hydrogen) atoms. The van der Waals surface area contributed by atoms with E-state index in [1.807, 2.05) is 73.3 Å². The maximum atomic E-state index is 9.85. The number of rotatable bonds is 3. The molecule has 0 radical (unpaired) electrons. The fourth-order valence-electron chi connectivity index (χ4n) is 11.8. The minimum Gasteiger partial charge on any atom is -0.457 e. The number of hydrogen-bond donors (Lipinski definition) is 0. The van der Waals surface area contributed by atoms with E-state index in [9.17, 15) is 10.5 Å². The van der Waals surface area contributed by atoms with E-state index in [0.717, 1.165) is 128 Å². The van der Waals surface area contributed by atoms with Crippen LogP contribution < -0.4 is 4.74 Å². The molecule has 7 heterocycles. The van der Waals surface area contributed by atoms with Crippen LogP contribution in [0.2, 0.25) is 0 Å². The van der Waals surface area contributed by atoms with Gasteiger partial charge in [-0.05, 0) is 132 Å². The van der Waals surface area contributed by atoms with Gasteiger partial charge in [0.15, 0.2) is 0 Å². The molecule has 0 unspecified atom stereocenters. The normalized spacial score (nSPS) is 13.1. The quantitative estimate of drug-likeness (QED) is 0.175. The van der Waals surface area contributed by atoms with E-state index in [1.165, 1.54) is 0 Å². The van der Waals surface area contributed by atoms with Crippen LogP contribution in [-0.2, 0) is 5.41 Å². The molecular formula is C60H32N8O. The molecule has 0 saturated heterocycles. The molecule has 9 heteroatoms. The standard InChI is InChI=1S/C60H32N8O/c61-32-35-13-18-52-43(27-35)44-28-36(33-62)14-19-53(44)66(52)37-15-20-54-45(29-37)41-8-2-4-12-51(41)67(54)38-16-21-56-48(30-38)60(46-9-5-24-64-58(46)59-47(60)10-6-25-65-59)49-31-39(17-22-57(49)69-56)68-50-11-3-1-7-40(50)42-23-26-63-34-55(42)68/h1-31,34H. The molecule has 0 atom stereocenters. The highest BCUT2D eigenvalue weighted by atomic mass is 16.5. The monoisotopic (exact) mass is 880 g/mol. The third-order valence-electron chi connectivity index (χ3n) is 14.5. The van der Waals surface area contributed by atoms with Crippen LogP contribution in [0.15, 0.2) is 195 Å². The average Bonchev–Trinajstić information content (AvgIpc) is 4.12. The molecule has 1 aliphatic heterocycles. The number of fused-ring (bicyclic) bond motifs is 18. The average molecular weight is 881 g/mol.